The van der Waals surface area contributed by atoms with Crippen LogP contribution in [-0.2, 0) is 14.3 Å². The molecular weight excluding hydrogens is 829 g/mol. The van der Waals surface area contributed by atoms with Gasteiger partial charge in [0.15, 0.2) is 0 Å². The molecule has 13 heteroatoms. The highest BCUT2D eigenvalue weighted by molar-refractivity contribution is 7.17. The Balaban J connectivity index is 0.000000174. The fourth-order valence-electron chi connectivity index (χ4n) is 9.21. The molecule has 4 heterocycles. The Morgan fingerprint density at radius 2 is 1.11 bits per heavy atom. The van der Waals surface area contributed by atoms with E-state index >= 15 is 0 Å². The summed E-state index contributed by atoms with van der Waals surface area (Å²) in [4.78, 5) is 41.6. The number of aldehydes is 1. The second-order valence-corrected chi connectivity index (χ2v) is 21.6. The molecule has 2 saturated carbocycles. The van der Waals surface area contributed by atoms with Gasteiger partial charge in [0.25, 0.3) is 0 Å². The number of hydrogen-bond acceptors (Lipinski definition) is 11. The summed E-state index contributed by atoms with van der Waals surface area (Å²) < 4.78 is 13.4. The van der Waals surface area contributed by atoms with Gasteiger partial charge in [0.1, 0.15) is 17.5 Å². The van der Waals surface area contributed by atoms with Crippen LogP contribution < -0.4 is 25.8 Å². The van der Waals surface area contributed by atoms with Gasteiger partial charge in [-0.1, -0.05) is 12.1 Å². The maximum Gasteiger partial charge on any atom is 0.407 e. The van der Waals surface area contributed by atoms with E-state index in [-0.39, 0.29) is 24.3 Å². The number of piperazine rings is 2. The molecular formula is C50H74N6O5S2. The minimum absolute atomic E-state index is 0.202. The van der Waals surface area contributed by atoms with E-state index in [1.807, 2.05) is 64.2 Å². The van der Waals surface area contributed by atoms with Crippen LogP contribution in [0.25, 0.3) is 20.2 Å². The molecule has 0 bridgehead atoms. The Bertz CT molecular complexity index is 2010. The van der Waals surface area contributed by atoms with Crippen molar-refractivity contribution in [2.45, 2.75) is 129 Å². The van der Waals surface area contributed by atoms with Crippen molar-refractivity contribution in [1.82, 2.24) is 20.9 Å². The molecule has 3 N–H and O–H groups in total. The molecule has 4 aliphatic rings. The van der Waals surface area contributed by atoms with Crippen molar-refractivity contribution in [1.29, 1.82) is 0 Å². The predicted molar refractivity (Wildman–Crippen MR) is 263 cm³/mol. The molecule has 0 radical (unpaired) electrons. The number of thiophene rings is 2. The lowest BCUT2D eigenvalue weighted by atomic mass is 9.84. The molecule has 0 unspecified atom stereocenters. The number of hydrogen-bond donors (Lipinski definition) is 3. The van der Waals surface area contributed by atoms with E-state index in [1.165, 1.54) is 57.4 Å². The maximum atomic E-state index is 12.0. The first kappa shape index (κ1) is 48.5. The molecule has 2 aromatic carbocycles. The first-order valence-corrected chi connectivity index (χ1v) is 25.3. The number of nitrogens with zero attached hydrogens (tertiary/aromatic N) is 3. The molecule has 63 heavy (non-hydrogen) atoms. The van der Waals surface area contributed by atoms with Crippen molar-refractivity contribution in [3.63, 3.8) is 0 Å². The zero-order valence-electron chi connectivity index (χ0n) is 38.8. The Hall–Kier alpha value is -3.91. The van der Waals surface area contributed by atoms with Crippen molar-refractivity contribution >= 4 is 72.7 Å². The molecule has 4 aromatic rings. The van der Waals surface area contributed by atoms with Crippen LogP contribution in [0.3, 0.4) is 0 Å². The van der Waals surface area contributed by atoms with Crippen molar-refractivity contribution < 1.29 is 23.9 Å². The molecule has 2 aliphatic heterocycles. The van der Waals surface area contributed by atoms with Crippen LogP contribution in [0.2, 0.25) is 0 Å². The van der Waals surface area contributed by atoms with Gasteiger partial charge in [-0.25, -0.2) is 9.59 Å². The summed E-state index contributed by atoms with van der Waals surface area (Å²) in [7, 11) is 0. The molecule has 2 aliphatic carbocycles. The zero-order chi connectivity index (χ0) is 44.8. The van der Waals surface area contributed by atoms with Crippen molar-refractivity contribution in [3.8, 4) is 0 Å². The van der Waals surface area contributed by atoms with Gasteiger partial charge in [0, 0.05) is 102 Å². The van der Waals surface area contributed by atoms with Gasteiger partial charge in [-0.05, 0) is 165 Å². The highest BCUT2D eigenvalue weighted by Crippen LogP contribution is 2.33. The second kappa shape index (κ2) is 23.3. The van der Waals surface area contributed by atoms with Crippen LogP contribution in [0, 0.1) is 11.8 Å². The number of nitrogens with one attached hydrogen (secondary N) is 3. The van der Waals surface area contributed by atoms with Crippen LogP contribution in [0.5, 0.6) is 0 Å². The van der Waals surface area contributed by atoms with Crippen LogP contribution >= 0.6 is 22.7 Å². The highest BCUT2D eigenvalue weighted by Gasteiger charge is 2.27. The number of benzene rings is 2. The smallest absolute Gasteiger partial charge is 0.407 e. The fraction of sp³-hybridized carbons (Fsp3) is 0.620. The third-order valence-electron chi connectivity index (χ3n) is 12.5. The average molecular weight is 903 g/mol. The van der Waals surface area contributed by atoms with Gasteiger partial charge < -0.3 is 40.0 Å². The molecule has 346 valence electrons. The van der Waals surface area contributed by atoms with E-state index in [9.17, 15) is 14.4 Å². The van der Waals surface area contributed by atoms with E-state index in [2.05, 4.69) is 89.9 Å². The van der Waals surface area contributed by atoms with Gasteiger partial charge in [0.05, 0.1) is 0 Å². The standard InChI is InChI=1S/C25H37N3O2S.C13H23NO3.C12H14N2S/c1-25(2,3)30-24(29)26-20-9-7-19(8-10-20)11-13-27-14-16-28(17-15-27)22-5-4-6-23-21(22)12-18-31-23;1-13(2,3)17-12(16)14-11-6-4-10(5-7-11)8-9-15;1-2-11(14-7-5-13-6-8-14)10-4-9-15-12(10)3-1/h4-6,12,18-20H,7-11,13-17H2,1-3H3,(H,26,29);9-11H,4-8H2,1-3H3,(H,14,16);1-4,9,13H,5-8H2. The Kier molecular flexibility index (Phi) is 18.0. The van der Waals surface area contributed by atoms with Gasteiger partial charge in [-0.2, -0.15) is 0 Å². The fourth-order valence-corrected chi connectivity index (χ4v) is 10.8. The number of carbonyl (C=O) groups excluding carboxylic acids is 3. The molecule has 2 amide bonds. The van der Waals surface area contributed by atoms with Crippen LogP contribution in [-0.4, -0.2) is 106 Å². The van der Waals surface area contributed by atoms with E-state index in [0.717, 1.165) is 103 Å². The van der Waals surface area contributed by atoms with Crippen LogP contribution in [0.4, 0.5) is 21.0 Å². The summed E-state index contributed by atoms with van der Waals surface area (Å²) in [6.07, 6.45) is 10.8. The third-order valence-corrected chi connectivity index (χ3v) is 14.3. The summed E-state index contributed by atoms with van der Waals surface area (Å²) in [6.45, 7) is 21.4. The van der Waals surface area contributed by atoms with Crippen molar-refractivity contribution in [2.75, 3.05) is 68.7 Å². The monoisotopic (exact) mass is 903 g/mol. The molecule has 11 nitrogen and oxygen atoms in total. The highest BCUT2D eigenvalue weighted by atomic mass is 32.1. The van der Waals surface area contributed by atoms with E-state index in [4.69, 9.17) is 9.47 Å². The molecule has 2 saturated heterocycles. The SMILES string of the molecule is CC(C)(C)OC(=O)NC1CCC(CC=O)CC1.CC(C)(C)OC(=O)NC1CCC(CCN2CCN(c3cccc4sccc34)CC2)CC1.c1cc(N2CCNCC2)c2ccsc2c1. The molecule has 4 fully saturated rings. The first-order chi connectivity index (χ1) is 30.2. The number of alkyl carbamates (subject to hydrolysis) is 2. The molecule has 8 rings (SSSR count). The van der Waals surface area contributed by atoms with E-state index in [0.29, 0.717) is 12.3 Å². The van der Waals surface area contributed by atoms with E-state index < -0.39 is 11.2 Å². The Morgan fingerprint density at radius 1 is 0.651 bits per heavy atom. The minimum atomic E-state index is -0.446. The summed E-state index contributed by atoms with van der Waals surface area (Å²) in [5.74, 6) is 1.29. The van der Waals surface area contributed by atoms with Crippen molar-refractivity contribution in [2.24, 2.45) is 11.8 Å². The van der Waals surface area contributed by atoms with Crippen molar-refractivity contribution in [3.05, 3.63) is 59.3 Å². The quantitative estimate of drug-likeness (QED) is 0.141. The predicted octanol–water partition coefficient (Wildman–Crippen LogP) is 10.5. The zero-order valence-corrected chi connectivity index (χ0v) is 40.4. The van der Waals surface area contributed by atoms with Gasteiger partial charge >= 0.3 is 12.2 Å². The van der Waals surface area contributed by atoms with E-state index in [1.54, 1.807) is 0 Å². The summed E-state index contributed by atoms with van der Waals surface area (Å²) >= 11 is 3.65. The summed E-state index contributed by atoms with van der Waals surface area (Å²) in [5.41, 5.74) is 1.92. The largest absolute Gasteiger partial charge is 0.444 e. The van der Waals surface area contributed by atoms with Gasteiger partial charge in [0.2, 0.25) is 0 Å². The summed E-state index contributed by atoms with van der Waals surface area (Å²) in [5, 5.41) is 16.5. The molecule has 0 atom stereocenters. The number of amides is 2. The van der Waals surface area contributed by atoms with Crippen LogP contribution in [0.1, 0.15) is 106 Å². The Labute approximate surface area is 384 Å². The number of carbonyl (C=O) groups is 3. The summed E-state index contributed by atoms with van der Waals surface area (Å²) in [6, 6.07) is 18.2. The molecule has 0 spiro atoms. The normalized spacial score (nSPS) is 22.3. The lowest BCUT2D eigenvalue weighted by Crippen LogP contribution is -2.47. The first-order valence-electron chi connectivity index (χ1n) is 23.5. The average Bonchev–Trinajstić information content (AvgIpc) is 3.95. The minimum Gasteiger partial charge on any atom is -0.444 e. The third kappa shape index (κ3) is 15.6. The number of fused-ring (bicyclic) bond motifs is 2. The lowest BCUT2D eigenvalue weighted by molar-refractivity contribution is -0.108. The lowest BCUT2D eigenvalue weighted by Gasteiger charge is -2.37. The number of ether oxygens (including phenoxy) is 2. The second-order valence-electron chi connectivity index (χ2n) is 19.7. The number of anilines is 2. The maximum absolute atomic E-state index is 12.0. The molecule has 2 aromatic heterocycles. The Morgan fingerprint density at radius 3 is 1.57 bits per heavy atom. The van der Waals surface area contributed by atoms with Gasteiger partial charge in [-0.3, -0.25) is 4.90 Å². The van der Waals surface area contributed by atoms with Crippen LogP contribution in [0.15, 0.2) is 59.3 Å². The topological polar surface area (TPSA) is 115 Å². The van der Waals surface area contributed by atoms with Gasteiger partial charge in [-0.15, -0.1) is 22.7 Å². The number of rotatable bonds is 9.